The van der Waals surface area contributed by atoms with Crippen LogP contribution < -0.4 is 10.9 Å². The van der Waals surface area contributed by atoms with Crippen LogP contribution in [0.3, 0.4) is 0 Å². The second-order valence-electron chi connectivity index (χ2n) is 4.26. The van der Waals surface area contributed by atoms with E-state index in [1.807, 2.05) is 13.8 Å². The summed E-state index contributed by atoms with van der Waals surface area (Å²) in [6.45, 7) is 4.01. The summed E-state index contributed by atoms with van der Waals surface area (Å²) in [6, 6.07) is 6.64. The molecule has 0 aliphatic carbocycles. The molecule has 0 bridgehead atoms. The first-order chi connectivity index (χ1) is 7.32. The van der Waals surface area contributed by atoms with Gasteiger partial charge in [-0.25, -0.2) is 13.6 Å². The highest BCUT2D eigenvalue weighted by Gasteiger charge is 2.16. The van der Waals surface area contributed by atoms with Crippen molar-refractivity contribution in [2.24, 2.45) is 16.8 Å². The molecule has 0 fully saturated rings. The van der Waals surface area contributed by atoms with Crippen LogP contribution in [0.25, 0.3) is 0 Å². The normalized spacial score (nSPS) is 14.1. The van der Waals surface area contributed by atoms with E-state index >= 15 is 0 Å². The molecule has 1 aromatic rings. The van der Waals surface area contributed by atoms with Gasteiger partial charge < -0.3 is 5.73 Å². The smallest absolute Gasteiger partial charge is 0.238 e. The summed E-state index contributed by atoms with van der Waals surface area (Å²) in [7, 11) is -3.66. The fraction of sp³-hybridized carbons (Fsp3) is 0.455. The first-order valence-electron chi connectivity index (χ1n) is 5.18. The van der Waals surface area contributed by atoms with Crippen molar-refractivity contribution in [3.63, 3.8) is 0 Å². The van der Waals surface area contributed by atoms with Crippen LogP contribution in [0.2, 0.25) is 0 Å². The molecule has 0 aromatic heterocycles. The highest BCUT2D eigenvalue weighted by Crippen LogP contribution is 2.17. The number of benzene rings is 1. The first kappa shape index (κ1) is 13.2. The Morgan fingerprint density at radius 1 is 1.25 bits per heavy atom. The molecule has 4 N–H and O–H groups in total. The summed E-state index contributed by atoms with van der Waals surface area (Å²) in [5, 5.41) is 5.14. The van der Waals surface area contributed by atoms with Gasteiger partial charge in [0.2, 0.25) is 10.0 Å². The zero-order valence-corrected chi connectivity index (χ0v) is 10.4. The van der Waals surface area contributed by atoms with E-state index in [0.717, 1.165) is 0 Å². The van der Waals surface area contributed by atoms with Gasteiger partial charge in [0.1, 0.15) is 0 Å². The van der Waals surface area contributed by atoms with Crippen molar-refractivity contribution < 1.29 is 8.42 Å². The molecule has 1 aromatic carbocycles. The van der Waals surface area contributed by atoms with Gasteiger partial charge in [-0.2, -0.15) is 0 Å². The minimum Gasteiger partial charge on any atom is -0.327 e. The van der Waals surface area contributed by atoms with Crippen LogP contribution in [0, 0.1) is 5.92 Å². The van der Waals surface area contributed by atoms with Crippen molar-refractivity contribution in [3.8, 4) is 0 Å². The predicted molar refractivity (Wildman–Crippen MR) is 64.3 cm³/mol. The van der Waals surface area contributed by atoms with Crippen LogP contribution in [-0.2, 0) is 16.4 Å². The third-order valence-corrected chi connectivity index (χ3v) is 3.60. The summed E-state index contributed by atoms with van der Waals surface area (Å²) in [5.74, 6) is 0.300. The summed E-state index contributed by atoms with van der Waals surface area (Å²) in [6.07, 6.45) is 0.518. The summed E-state index contributed by atoms with van der Waals surface area (Å²) in [5.41, 5.74) is 6.61. The molecule has 0 aliphatic heterocycles. The second kappa shape index (κ2) is 4.95. The standard InChI is InChI=1S/C11H18N2O2S/c1-8(2)10(12)7-9-5-3-4-6-11(9)16(13,14)15/h3-6,8,10H,7,12H2,1-2H3,(H2,13,14,15). The van der Waals surface area contributed by atoms with E-state index < -0.39 is 10.0 Å². The highest BCUT2D eigenvalue weighted by atomic mass is 32.2. The molecule has 1 rings (SSSR count). The fourth-order valence-corrected chi connectivity index (χ4v) is 2.22. The van der Waals surface area contributed by atoms with E-state index in [2.05, 4.69) is 0 Å². The van der Waals surface area contributed by atoms with Gasteiger partial charge in [0.05, 0.1) is 4.90 Å². The average molecular weight is 242 g/mol. The Morgan fingerprint density at radius 2 is 1.81 bits per heavy atom. The Morgan fingerprint density at radius 3 is 2.31 bits per heavy atom. The van der Waals surface area contributed by atoms with Crippen LogP contribution in [-0.4, -0.2) is 14.5 Å². The molecule has 1 unspecified atom stereocenters. The molecule has 0 heterocycles. The van der Waals surface area contributed by atoms with Crippen molar-refractivity contribution >= 4 is 10.0 Å². The molecular weight excluding hydrogens is 224 g/mol. The van der Waals surface area contributed by atoms with E-state index in [1.54, 1.807) is 18.2 Å². The van der Waals surface area contributed by atoms with E-state index in [9.17, 15) is 8.42 Å². The number of primary sulfonamides is 1. The SMILES string of the molecule is CC(C)C(N)Cc1ccccc1S(N)(=O)=O. The zero-order chi connectivity index (χ0) is 12.3. The summed E-state index contributed by atoms with van der Waals surface area (Å²) in [4.78, 5) is 0.172. The minimum atomic E-state index is -3.66. The number of nitrogens with two attached hydrogens (primary N) is 2. The van der Waals surface area contributed by atoms with Crippen molar-refractivity contribution in [2.45, 2.75) is 31.2 Å². The lowest BCUT2D eigenvalue weighted by molar-refractivity contribution is 0.487. The highest BCUT2D eigenvalue weighted by molar-refractivity contribution is 7.89. The van der Waals surface area contributed by atoms with E-state index in [4.69, 9.17) is 10.9 Å². The van der Waals surface area contributed by atoms with Gasteiger partial charge in [0.15, 0.2) is 0 Å². The molecule has 4 nitrogen and oxygen atoms in total. The minimum absolute atomic E-state index is 0.0668. The predicted octanol–water partition coefficient (Wildman–Crippen LogP) is 0.860. The number of rotatable bonds is 4. The molecule has 0 saturated carbocycles. The zero-order valence-electron chi connectivity index (χ0n) is 9.55. The van der Waals surface area contributed by atoms with E-state index in [0.29, 0.717) is 17.9 Å². The number of sulfonamides is 1. The third-order valence-electron chi connectivity index (χ3n) is 2.59. The third kappa shape index (κ3) is 3.30. The van der Waals surface area contributed by atoms with Gasteiger partial charge >= 0.3 is 0 Å². The molecule has 0 spiro atoms. The van der Waals surface area contributed by atoms with Crippen LogP contribution in [0.4, 0.5) is 0 Å². The second-order valence-corrected chi connectivity index (χ2v) is 5.79. The maximum atomic E-state index is 11.3. The summed E-state index contributed by atoms with van der Waals surface area (Å²) >= 11 is 0. The van der Waals surface area contributed by atoms with Crippen LogP contribution in [0.5, 0.6) is 0 Å². The lowest BCUT2D eigenvalue weighted by Crippen LogP contribution is -2.29. The van der Waals surface area contributed by atoms with Gasteiger partial charge in [-0.3, -0.25) is 0 Å². The van der Waals surface area contributed by atoms with Crippen molar-refractivity contribution in [1.29, 1.82) is 0 Å². The molecular formula is C11H18N2O2S. The number of hydrogen-bond acceptors (Lipinski definition) is 3. The molecule has 16 heavy (non-hydrogen) atoms. The van der Waals surface area contributed by atoms with Crippen LogP contribution in [0.1, 0.15) is 19.4 Å². The quantitative estimate of drug-likeness (QED) is 0.821. The average Bonchev–Trinajstić information content (AvgIpc) is 2.16. The van der Waals surface area contributed by atoms with E-state index in [-0.39, 0.29) is 10.9 Å². The Kier molecular flexibility index (Phi) is 4.07. The van der Waals surface area contributed by atoms with Crippen LogP contribution >= 0.6 is 0 Å². The Labute approximate surface area is 96.7 Å². The molecule has 0 radical (unpaired) electrons. The maximum absolute atomic E-state index is 11.3. The maximum Gasteiger partial charge on any atom is 0.238 e. The van der Waals surface area contributed by atoms with Crippen LogP contribution in [0.15, 0.2) is 29.2 Å². The fourth-order valence-electron chi connectivity index (χ4n) is 1.44. The Hall–Kier alpha value is -0.910. The van der Waals surface area contributed by atoms with E-state index in [1.165, 1.54) is 6.07 Å². The topological polar surface area (TPSA) is 86.2 Å². The summed E-state index contributed by atoms with van der Waals surface area (Å²) < 4.78 is 22.7. The monoisotopic (exact) mass is 242 g/mol. The van der Waals surface area contributed by atoms with Gasteiger partial charge in [-0.05, 0) is 24.0 Å². The largest absolute Gasteiger partial charge is 0.327 e. The van der Waals surface area contributed by atoms with Gasteiger partial charge in [-0.15, -0.1) is 0 Å². The first-order valence-corrected chi connectivity index (χ1v) is 6.73. The van der Waals surface area contributed by atoms with Gasteiger partial charge in [0.25, 0.3) is 0 Å². The lowest BCUT2D eigenvalue weighted by Gasteiger charge is -2.17. The molecule has 0 saturated heterocycles. The molecule has 0 aliphatic rings. The molecule has 90 valence electrons. The van der Waals surface area contributed by atoms with Crippen molar-refractivity contribution in [1.82, 2.24) is 0 Å². The Balaban J connectivity index is 3.06. The lowest BCUT2D eigenvalue weighted by atomic mass is 9.97. The Bertz CT molecular complexity index is 455. The molecule has 5 heteroatoms. The number of hydrogen-bond donors (Lipinski definition) is 2. The molecule has 1 atom stereocenters. The van der Waals surface area contributed by atoms with Gasteiger partial charge in [0, 0.05) is 6.04 Å². The van der Waals surface area contributed by atoms with Gasteiger partial charge in [-0.1, -0.05) is 32.0 Å². The molecule has 0 amide bonds. The van der Waals surface area contributed by atoms with Crippen molar-refractivity contribution in [2.75, 3.05) is 0 Å². The van der Waals surface area contributed by atoms with Crippen molar-refractivity contribution in [3.05, 3.63) is 29.8 Å².